The van der Waals surface area contributed by atoms with E-state index in [1.54, 1.807) is 6.21 Å². The molecule has 0 fully saturated rings. The first-order chi connectivity index (χ1) is 6.59. The van der Waals surface area contributed by atoms with Crippen LogP contribution in [0.4, 0.5) is 5.69 Å². The summed E-state index contributed by atoms with van der Waals surface area (Å²) >= 11 is 0. The Labute approximate surface area is 83.7 Å². The summed E-state index contributed by atoms with van der Waals surface area (Å²) in [6.45, 7) is 5.88. The zero-order chi connectivity index (χ0) is 10.3. The number of rotatable bonds is 0. The average molecular weight is 187 g/mol. The Hall–Kier alpha value is -1.44. The van der Waals surface area contributed by atoms with Crippen LogP contribution in [-0.4, -0.2) is 12.0 Å². The van der Waals surface area contributed by atoms with Gasteiger partial charge in [-0.15, -0.1) is 0 Å². The van der Waals surface area contributed by atoms with Crippen molar-refractivity contribution in [2.75, 3.05) is 0 Å². The van der Waals surface area contributed by atoms with E-state index in [1.807, 2.05) is 26.8 Å². The summed E-state index contributed by atoms with van der Waals surface area (Å²) in [5.41, 5.74) is 3.83. The van der Waals surface area contributed by atoms with Crippen LogP contribution in [0.25, 0.3) is 0 Å². The largest absolute Gasteiger partial charge is 0.293 e. The molecule has 2 rings (SSSR count). The van der Waals surface area contributed by atoms with E-state index in [1.165, 1.54) is 0 Å². The molecule has 0 amide bonds. The standard InChI is InChI=1S/C12H13NO/c1-7-4-8(2)11-10(5-7)12(14)9(3)6-13-11/h4-6,9H,1-3H3. The van der Waals surface area contributed by atoms with Crippen molar-refractivity contribution in [2.24, 2.45) is 10.9 Å². The van der Waals surface area contributed by atoms with Gasteiger partial charge < -0.3 is 0 Å². The summed E-state index contributed by atoms with van der Waals surface area (Å²) in [6, 6.07) is 3.98. The SMILES string of the molecule is Cc1cc(C)c2c(c1)C(=O)C(C)C=N2. The number of ketones is 1. The van der Waals surface area contributed by atoms with Crippen LogP contribution in [0.1, 0.15) is 28.4 Å². The number of hydrogen-bond acceptors (Lipinski definition) is 2. The lowest BCUT2D eigenvalue weighted by molar-refractivity contribution is 0.0962. The molecule has 0 radical (unpaired) electrons. The molecule has 14 heavy (non-hydrogen) atoms. The van der Waals surface area contributed by atoms with Crippen LogP contribution in [-0.2, 0) is 0 Å². The normalized spacial score (nSPS) is 19.6. The number of Topliss-reactive ketones (excluding diaryl/α,β-unsaturated/α-hetero) is 1. The molecule has 2 nitrogen and oxygen atoms in total. The fourth-order valence-electron chi connectivity index (χ4n) is 1.82. The average Bonchev–Trinajstić information content (AvgIpc) is 2.12. The van der Waals surface area contributed by atoms with Gasteiger partial charge in [-0.25, -0.2) is 0 Å². The number of hydrogen-bond donors (Lipinski definition) is 0. The van der Waals surface area contributed by atoms with Crippen molar-refractivity contribution < 1.29 is 4.79 Å². The topological polar surface area (TPSA) is 29.4 Å². The Morgan fingerprint density at radius 3 is 2.71 bits per heavy atom. The quantitative estimate of drug-likeness (QED) is 0.614. The smallest absolute Gasteiger partial charge is 0.173 e. The summed E-state index contributed by atoms with van der Waals surface area (Å²) in [5, 5.41) is 0. The molecule has 1 aliphatic rings. The molecule has 1 unspecified atom stereocenters. The number of fused-ring (bicyclic) bond motifs is 1. The Balaban J connectivity index is 2.68. The van der Waals surface area contributed by atoms with E-state index in [-0.39, 0.29) is 11.7 Å². The van der Waals surface area contributed by atoms with Crippen LogP contribution in [0.3, 0.4) is 0 Å². The Morgan fingerprint density at radius 1 is 1.29 bits per heavy atom. The third-order valence-corrected chi connectivity index (χ3v) is 2.55. The zero-order valence-corrected chi connectivity index (χ0v) is 8.66. The van der Waals surface area contributed by atoms with Crippen LogP contribution in [0, 0.1) is 19.8 Å². The molecule has 0 saturated heterocycles. The van der Waals surface area contributed by atoms with E-state index in [4.69, 9.17) is 0 Å². The van der Waals surface area contributed by atoms with Gasteiger partial charge in [0.1, 0.15) is 0 Å². The molecule has 0 aliphatic carbocycles. The van der Waals surface area contributed by atoms with Gasteiger partial charge in [-0.1, -0.05) is 13.0 Å². The number of aliphatic imine (C=N–C) groups is 1. The second kappa shape index (κ2) is 3.05. The summed E-state index contributed by atoms with van der Waals surface area (Å²) in [7, 11) is 0. The van der Waals surface area contributed by atoms with Crippen LogP contribution < -0.4 is 0 Å². The fourth-order valence-corrected chi connectivity index (χ4v) is 1.82. The summed E-state index contributed by atoms with van der Waals surface area (Å²) in [5.74, 6) is 0.102. The number of aryl methyl sites for hydroxylation is 2. The van der Waals surface area contributed by atoms with Crippen LogP contribution >= 0.6 is 0 Å². The molecule has 0 N–H and O–H groups in total. The number of carbonyl (C=O) groups is 1. The van der Waals surface area contributed by atoms with E-state index in [9.17, 15) is 4.79 Å². The second-order valence-electron chi connectivity index (χ2n) is 3.91. The number of nitrogens with zero attached hydrogens (tertiary/aromatic N) is 1. The van der Waals surface area contributed by atoms with E-state index >= 15 is 0 Å². The molecular weight excluding hydrogens is 174 g/mol. The van der Waals surface area contributed by atoms with Gasteiger partial charge in [-0.3, -0.25) is 9.79 Å². The second-order valence-corrected chi connectivity index (χ2v) is 3.91. The molecule has 0 aromatic heterocycles. The highest BCUT2D eigenvalue weighted by atomic mass is 16.1. The highest BCUT2D eigenvalue weighted by Gasteiger charge is 2.22. The molecule has 0 spiro atoms. The Morgan fingerprint density at radius 2 is 2.00 bits per heavy atom. The lowest BCUT2D eigenvalue weighted by Gasteiger charge is -2.16. The van der Waals surface area contributed by atoms with Crippen molar-refractivity contribution in [1.29, 1.82) is 0 Å². The van der Waals surface area contributed by atoms with Crippen LogP contribution in [0.2, 0.25) is 0 Å². The van der Waals surface area contributed by atoms with Crippen LogP contribution in [0.15, 0.2) is 17.1 Å². The molecule has 0 bridgehead atoms. The Bertz CT molecular complexity index is 432. The fraction of sp³-hybridized carbons (Fsp3) is 0.333. The van der Waals surface area contributed by atoms with E-state index in [0.717, 1.165) is 22.4 Å². The van der Waals surface area contributed by atoms with Gasteiger partial charge in [0, 0.05) is 11.8 Å². The molecule has 1 aliphatic heterocycles. The highest BCUT2D eigenvalue weighted by Crippen LogP contribution is 2.30. The molecule has 0 saturated carbocycles. The van der Waals surface area contributed by atoms with Crippen LogP contribution in [0.5, 0.6) is 0 Å². The van der Waals surface area contributed by atoms with E-state index < -0.39 is 0 Å². The van der Waals surface area contributed by atoms with Gasteiger partial charge in [0.15, 0.2) is 5.78 Å². The Kier molecular flexibility index (Phi) is 1.99. The maximum atomic E-state index is 11.8. The highest BCUT2D eigenvalue weighted by molar-refractivity contribution is 6.12. The first-order valence-electron chi connectivity index (χ1n) is 4.79. The molecule has 2 heteroatoms. The lowest BCUT2D eigenvalue weighted by Crippen LogP contribution is -2.16. The van der Waals surface area contributed by atoms with Crippen molar-refractivity contribution in [3.63, 3.8) is 0 Å². The van der Waals surface area contributed by atoms with Crippen molar-refractivity contribution in [3.05, 3.63) is 28.8 Å². The zero-order valence-electron chi connectivity index (χ0n) is 8.66. The van der Waals surface area contributed by atoms with Gasteiger partial charge in [-0.2, -0.15) is 0 Å². The van der Waals surface area contributed by atoms with Gasteiger partial charge in [0.25, 0.3) is 0 Å². The van der Waals surface area contributed by atoms with Gasteiger partial charge >= 0.3 is 0 Å². The molecule has 72 valence electrons. The van der Waals surface area contributed by atoms with Gasteiger partial charge in [0.2, 0.25) is 0 Å². The molecule has 1 aromatic rings. The molecule has 1 heterocycles. The summed E-state index contributed by atoms with van der Waals surface area (Å²) < 4.78 is 0. The van der Waals surface area contributed by atoms with Crippen molar-refractivity contribution in [1.82, 2.24) is 0 Å². The minimum absolute atomic E-state index is 0.0799. The third kappa shape index (κ3) is 1.27. The lowest BCUT2D eigenvalue weighted by atomic mass is 9.93. The van der Waals surface area contributed by atoms with Crippen molar-refractivity contribution >= 4 is 17.7 Å². The first-order valence-corrected chi connectivity index (χ1v) is 4.79. The van der Waals surface area contributed by atoms with E-state index in [2.05, 4.69) is 11.1 Å². The predicted molar refractivity (Wildman–Crippen MR) is 57.6 cm³/mol. The molecule has 1 aromatic carbocycles. The monoisotopic (exact) mass is 187 g/mol. The summed E-state index contributed by atoms with van der Waals surface area (Å²) in [4.78, 5) is 16.1. The predicted octanol–water partition coefficient (Wildman–Crippen LogP) is 2.84. The third-order valence-electron chi connectivity index (χ3n) is 2.55. The number of benzene rings is 1. The first kappa shape index (κ1) is 9.13. The maximum absolute atomic E-state index is 11.8. The summed E-state index contributed by atoms with van der Waals surface area (Å²) in [6.07, 6.45) is 1.73. The van der Waals surface area contributed by atoms with Gasteiger partial charge in [0.05, 0.1) is 11.6 Å². The molecule has 1 atom stereocenters. The van der Waals surface area contributed by atoms with Crippen molar-refractivity contribution in [3.8, 4) is 0 Å². The molecular formula is C12H13NO. The van der Waals surface area contributed by atoms with Gasteiger partial charge in [-0.05, 0) is 31.0 Å². The minimum atomic E-state index is -0.0799. The van der Waals surface area contributed by atoms with Crippen molar-refractivity contribution in [2.45, 2.75) is 20.8 Å². The maximum Gasteiger partial charge on any atom is 0.173 e. The minimum Gasteiger partial charge on any atom is -0.293 e. The van der Waals surface area contributed by atoms with E-state index in [0.29, 0.717) is 0 Å². The number of carbonyl (C=O) groups excluding carboxylic acids is 1.